The molecule has 166 valence electrons. The van der Waals surface area contributed by atoms with Crippen molar-refractivity contribution in [3.8, 4) is 11.3 Å². The molecule has 0 unspecified atom stereocenters. The maximum Gasteiger partial charge on any atom is 0.270 e. The zero-order valence-corrected chi connectivity index (χ0v) is 18.6. The van der Waals surface area contributed by atoms with Gasteiger partial charge >= 0.3 is 0 Å². The van der Waals surface area contributed by atoms with Gasteiger partial charge in [0.25, 0.3) is 5.91 Å². The van der Waals surface area contributed by atoms with E-state index in [1.807, 2.05) is 26.8 Å². The largest absolute Gasteiger partial charge is 0.350 e. The molecule has 8 heteroatoms. The molecule has 4 rings (SSSR count). The maximum atomic E-state index is 13.5. The quantitative estimate of drug-likeness (QED) is 0.647. The Bertz CT molecular complexity index is 1170. The summed E-state index contributed by atoms with van der Waals surface area (Å²) in [5, 5.41) is 2.85. The van der Waals surface area contributed by atoms with Crippen molar-refractivity contribution in [3.05, 3.63) is 65.1 Å². The predicted molar refractivity (Wildman–Crippen MR) is 120 cm³/mol. The molecule has 1 saturated heterocycles. The number of aromatic amines is 1. The lowest BCUT2D eigenvalue weighted by molar-refractivity contribution is -0.120. The Morgan fingerprint density at radius 3 is 2.53 bits per heavy atom. The van der Waals surface area contributed by atoms with Gasteiger partial charge in [-0.05, 0) is 70.0 Å². The first-order valence-corrected chi connectivity index (χ1v) is 10.6. The maximum absolute atomic E-state index is 13.5. The van der Waals surface area contributed by atoms with E-state index in [1.54, 1.807) is 30.0 Å². The van der Waals surface area contributed by atoms with Gasteiger partial charge in [0.15, 0.2) is 0 Å². The molecule has 3 aromatic rings. The Morgan fingerprint density at radius 2 is 1.84 bits per heavy atom. The van der Waals surface area contributed by atoms with E-state index < -0.39 is 0 Å². The summed E-state index contributed by atoms with van der Waals surface area (Å²) >= 11 is 0. The molecule has 0 bridgehead atoms. The Labute approximate surface area is 186 Å². The number of halogens is 1. The highest BCUT2D eigenvalue weighted by molar-refractivity contribution is 5.97. The fourth-order valence-corrected chi connectivity index (χ4v) is 4.34. The van der Waals surface area contributed by atoms with Crippen LogP contribution < -0.4 is 5.32 Å². The standard InChI is InChI=1S/C24H26FN5O2/c1-13-11-17(5-6-19(13)25)28-23(31)18-9-10-30(16(18)4)24(32)21-8-7-20(29-21)22-14(2)26-12-27-15(22)3/h5-8,11-12,16,18,29H,9-10H2,1-4H3,(H,28,31)/t16-,18-/m0/s1. The van der Waals surface area contributed by atoms with Crippen LogP contribution in [0.5, 0.6) is 0 Å². The van der Waals surface area contributed by atoms with Crippen LogP contribution in [-0.2, 0) is 4.79 Å². The molecular formula is C24H26FN5O2. The molecule has 2 N–H and O–H groups in total. The number of nitrogens with one attached hydrogen (secondary N) is 2. The van der Waals surface area contributed by atoms with Crippen molar-refractivity contribution in [2.24, 2.45) is 5.92 Å². The van der Waals surface area contributed by atoms with Crippen molar-refractivity contribution in [3.63, 3.8) is 0 Å². The first-order chi connectivity index (χ1) is 15.3. The number of carbonyl (C=O) groups excluding carboxylic acids is 2. The molecule has 2 aromatic heterocycles. The van der Waals surface area contributed by atoms with Gasteiger partial charge in [-0.2, -0.15) is 0 Å². The van der Waals surface area contributed by atoms with E-state index in [-0.39, 0.29) is 29.6 Å². The van der Waals surface area contributed by atoms with Gasteiger partial charge in [0, 0.05) is 29.5 Å². The van der Waals surface area contributed by atoms with Gasteiger partial charge in [0.05, 0.1) is 17.3 Å². The molecule has 1 aliphatic rings. The second kappa shape index (κ2) is 8.53. The minimum atomic E-state index is -0.342. The molecule has 2 amide bonds. The van der Waals surface area contributed by atoms with Crippen molar-refractivity contribution in [2.45, 2.75) is 40.2 Å². The SMILES string of the molecule is Cc1cc(NC(=O)[C@H]2CCN(C(=O)c3ccc(-c4c(C)ncnc4C)[nH]3)[C@H]2C)ccc1F. The zero-order chi connectivity index (χ0) is 23.0. The summed E-state index contributed by atoms with van der Waals surface area (Å²) in [6, 6.07) is 7.83. The number of aryl methyl sites for hydroxylation is 3. The third-order valence-electron chi connectivity index (χ3n) is 6.19. The van der Waals surface area contributed by atoms with Crippen molar-refractivity contribution < 1.29 is 14.0 Å². The first kappa shape index (κ1) is 21.7. The molecule has 32 heavy (non-hydrogen) atoms. The van der Waals surface area contributed by atoms with Crippen LogP contribution in [0.1, 0.15) is 40.8 Å². The van der Waals surface area contributed by atoms with Gasteiger partial charge in [-0.25, -0.2) is 14.4 Å². The Hall–Kier alpha value is -3.55. The molecule has 2 atom stereocenters. The fraction of sp³-hybridized carbons (Fsp3) is 0.333. The van der Waals surface area contributed by atoms with E-state index in [0.717, 1.165) is 22.6 Å². The monoisotopic (exact) mass is 435 g/mol. The van der Waals surface area contributed by atoms with Crippen molar-refractivity contribution in [1.82, 2.24) is 19.9 Å². The second-order valence-electron chi connectivity index (χ2n) is 8.29. The molecular weight excluding hydrogens is 409 g/mol. The summed E-state index contributed by atoms with van der Waals surface area (Å²) in [6.45, 7) is 7.83. The van der Waals surface area contributed by atoms with Crippen molar-refractivity contribution in [2.75, 3.05) is 11.9 Å². The molecule has 7 nitrogen and oxygen atoms in total. The number of amides is 2. The number of nitrogens with zero attached hydrogens (tertiary/aromatic N) is 3. The Kier molecular flexibility index (Phi) is 5.78. The summed E-state index contributed by atoms with van der Waals surface area (Å²) < 4.78 is 13.5. The third-order valence-corrected chi connectivity index (χ3v) is 6.19. The van der Waals surface area contributed by atoms with Crippen LogP contribution >= 0.6 is 0 Å². The van der Waals surface area contributed by atoms with Crippen LogP contribution in [0.25, 0.3) is 11.3 Å². The number of likely N-dealkylation sites (tertiary alicyclic amines) is 1. The Morgan fingerprint density at radius 1 is 1.12 bits per heavy atom. The highest BCUT2D eigenvalue weighted by Gasteiger charge is 2.38. The normalized spacial score (nSPS) is 18.1. The number of hydrogen-bond acceptors (Lipinski definition) is 4. The predicted octanol–water partition coefficient (Wildman–Crippen LogP) is 4.03. The van der Waals surface area contributed by atoms with Gasteiger partial charge in [-0.15, -0.1) is 0 Å². The number of rotatable bonds is 4. The van der Waals surface area contributed by atoms with Crippen LogP contribution in [0, 0.1) is 32.5 Å². The highest BCUT2D eigenvalue weighted by atomic mass is 19.1. The minimum Gasteiger partial charge on any atom is -0.350 e. The topological polar surface area (TPSA) is 91.0 Å². The van der Waals surface area contributed by atoms with Crippen molar-refractivity contribution in [1.29, 1.82) is 0 Å². The lowest BCUT2D eigenvalue weighted by atomic mass is 10.0. The van der Waals surface area contributed by atoms with Crippen LogP contribution in [0.4, 0.5) is 10.1 Å². The molecule has 0 spiro atoms. The Balaban J connectivity index is 1.47. The van der Waals surface area contributed by atoms with E-state index in [9.17, 15) is 14.0 Å². The summed E-state index contributed by atoms with van der Waals surface area (Å²) in [5.41, 5.74) is 4.82. The van der Waals surface area contributed by atoms with Gasteiger partial charge in [-0.1, -0.05) is 0 Å². The van der Waals surface area contributed by atoms with E-state index in [2.05, 4.69) is 20.3 Å². The molecule has 0 radical (unpaired) electrons. The number of aromatic nitrogens is 3. The third kappa shape index (κ3) is 4.00. The van der Waals surface area contributed by atoms with Gasteiger partial charge in [-0.3, -0.25) is 9.59 Å². The van der Waals surface area contributed by atoms with Gasteiger partial charge < -0.3 is 15.2 Å². The molecule has 1 aliphatic heterocycles. The summed E-state index contributed by atoms with van der Waals surface area (Å²) in [7, 11) is 0. The lowest BCUT2D eigenvalue weighted by Gasteiger charge is -2.24. The fourth-order valence-electron chi connectivity index (χ4n) is 4.34. The van der Waals surface area contributed by atoms with E-state index in [1.165, 1.54) is 12.4 Å². The number of H-pyrrole nitrogens is 1. The molecule has 0 saturated carbocycles. The summed E-state index contributed by atoms with van der Waals surface area (Å²) in [6.07, 6.45) is 2.09. The van der Waals surface area contributed by atoms with Gasteiger partial charge in [0.1, 0.15) is 17.8 Å². The zero-order valence-electron chi connectivity index (χ0n) is 18.6. The summed E-state index contributed by atoms with van der Waals surface area (Å²) in [5.74, 6) is -0.972. The molecule has 3 heterocycles. The minimum absolute atomic E-state index is 0.149. The average molecular weight is 436 g/mol. The van der Waals surface area contributed by atoms with E-state index in [4.69, 9.17) is 0 Å². The summed E-state index contributed by atoms with van der Waals surface area (Å²) in [4.78, 5) is 39.4. The van der Waals surface area contributed by atoms with Crippen LogP contribution in [-0.4, -0.2) is 44.3 Å². The van der Waals surface area contributed by atoms with Crippen LogP contribution in [0.3, 0.4) is 0 Å². The number of carbonyl (C=O) groups is 2. The molecule has 0 aliphatic carbocycles. The average Bonchev–Trinajstić information content (AvgIpc) is 3.37. The first-order valence-electron chi connectivity index (χ1n) is 10.6. The lowest BCUT2D eigenvalue weighted by Crippen LogP contribution is -2.39. The highest BCUT2D eigenvalue weighted by Crippen LogP contribution is 2.29. The second-order valence-corrected chi connectivity index (χ2v) is 8.29. The van der Waals surface area contributed by atoms with Crippen molar-refractivity contribution >= 4 is 17.5 Å². The number of hydrogen-bond donors (Lipinski definition) is 2. The molecule has 1 aromatic carbocycles. The van der Waals surface area contributed by atoms with Crippen LogP contribution in [0.15, 0.2) is 36.7 Å². The molecule has 1 fully saturated rings. The van der Waals surface area contributed by atoms with E-state index in [0.29, 0.717) is 29.9 Å². The van der Waals surface area contributed by atoms with E-state index >= 15 is 0 Å². The van der Waals surface area contributed by atoms with Crippen LogP contribution in [0.2, 0.25) is 0 Å². The van der Waals surface area contributed by atoms with Gasteiger partial charge in [0.2, 0.25) is 5.91 Å². The smallest absolute Gasteiger partial charge is 0.270 e. The number of anilines is 1. The number of benzene rings is 1.